The number of rotatable bonds is 3. The molecule has 2 heteroatoms. The molecule has 0 atom stereocenters. The fourth-order valence-electron chi connectivity index (χ4n) is 2.37. The van der Waals surface area contributed by atoms with E-state index in [2.05, 4.69) is 29.6 Å². The molecular formula is C15H19NO. The van der Waals surface area contributed by atoms with E-state index in [1.807, 2.05) is 6.07 Å². The molecular weight excluding hydrogens is 210 g/mol. The van der Waals surface area contributed by atoms with E-state index in [4.69, 9.17) is 0 Å². The molecule has 1 aromatic rings. The Morgan fingerprint density at radius 1 is 1.18 bits per heavy atom. The topological polar surface area (TPSA) is 29.1 Å². The number of carbonyl (C=O) groups excluding carboxylic acids is 1. The molecule has 0 heterocycles. The highest BCUT2D eigenvalue weighted by Crippen LogP contribution is 2.25. The zero-order valence-corrected chi connectivity index (χ0v) is 10.3. The van der Waals surface area contributed by atoms with Gasteiger partial charge in [-0.25, -0.2) is 0 Å². The predicted octanol–water partition coefficient (Wildman–Crippen LogP) is 3.19. The summed E-state index contributed by atoms with van der Waals surface area (Å²) < 4.78 is 0. The summed E-state index contributed by atoms with van der Waals surface area (Å²) in [5, 5.41) is 2.99. The summed E-state index contributed by atoms with van der Waals surface area (Å²) in [6.07, 6.45) is 5.53. The van der Waals surface area contributed by atoms with Crippen LogP contribution in [0.3, 0.4) is 0 Å². The summed E-state index contributed by atoms with van der Waals surface area (Å²) in [5.74, 6) is 0.0486. The zero-order valence-electron chi connectivity index (χ0n) is 10.3. The number of hydrogen-bond acceptors (Lipinski definition) is 1. The highest BCUT2D eigenvalue weighted by atomic mass is 16.1. The van der Waals surface area contributed by atoms with Gasteiger partial charge in [-0.1, -0.05) is 30.3 Å². The van der Waals surface area contributed by atoms with Gasteiger partial charge in [-0.05, 0) is 43.2 Å². The fraction of sp³-hybridized carbons (Fsp3) is 0.400. The first-order valence-corrected chi connectivity index (χ1v) is 6.28. The second kappa shape index (κ2) is 5.67. The van der Waals surface area contributed by atoms with Gasteiger partial charge < -0.3 is 5.32 Å². The van der Waals surface area contributed by atoms with Gasteiger partial charge in [0.15, 0.2) is 0 Å². The average molecular weight is 229 g/mol. The lowest BCUT2D eigenvalue weighted by Crippen LogP contribution is -2.23. The lowest BCUT2D eigenvalue weighted by molar-refractivity contribution is -0.118. The molecule has 2 rings (SSSR count). The number of benzene rings is 1. The first-order valence-electron chi connectivity index (χ1n) is 6.28. The van der Waals surface area contributed by atoms with Crippen LogP contribution in [-0.2, 0) is 11.2 Å². The molecule has 0 fully saturated rings. The van der Waals surface area contributed by atoms with Crippen LogP contribution in [0.5, 0.6) is 0 Å². The Labute approximate surface area is 103 Å². The summed E-state index contributed by atoms with van der Waals surface area (Å²) in [6, 6.07) is 10.5. The predicted molar refractivity (Wildman–Crippen MR) is 69.5 cm³/mol. The minimum absolute atomic E-state index is 0.0486. The maximum Gasteiger partial charge on any atom is 0.220 e. The SMILES string of the molecule is CC(=O)NC1=C(Cc2ccccc2)CCCC1. The summed E-state index contributed by atoms with van der Waals surface area (Å²) >= 11 is 0. The molecule has 0 radical (unpaired) electrons. The summed E-state index contributed by atoms with van der Waals surface area (Å²) in [4.78, 5) is 11.2. The van der Waals surface area contributed by atoms with E-state index in [9.17, 15) is 4.79 Å². The molecule has 0 saturated carbocycles. The van der Waals surface area contributed by atoms with Crippen molar-refractivity contribution < 1.29 is 4.79 Å². The van der Waals surface area contributed by atoms with Crippen molar-refractivity contribution in [2.45, 2.75) is 39.0 Å². The second-order valence-corrected chi connectivity index (χ2v) is 4.63. The second-order valence-electron chi connectivity index (χ2n) is 4.63. The van der Waals surface area contributed by atoms with Gasteiger partial charge in [-0.2, -0.15) is 0 Å². The molecule has 2 nitrogen and oxygen atoms in total. The van der Waals surface area contributed by atoms with Crippen molar-refractivity contribution in [3.63, 3.8) is 0 Å². The lowest BCUT2D eigenvalue weighted by Gasteiger charge is -2.20. The van der Waals surface area contributed by atoms with Crippen molar-refractivity contribution in [3.05, 3.63) is 47.2 Å². The van der Waals surface area contributed by atoms with E-state index < -0.39 is 0 Å². The summed E-state index contributed by atoms with van der Waals surface area (Å²) in [6.45, 7) is 1.59. The van der Waals surface area contributed by atoms with Gasteiger partial charge in [-0.3, -0.25) is 4.79 Å². The first-order chi connectivity index (χ1) is 8.25. The number of hydrogen-bond donors (Lipinski definition) is 1. The van der Waals surface area contributed by atoms with Crippen LogP contribution in [0.15, 0.2) is 41.6 Å². The molecule has 0 unspecified atom stereocenters. The molecule has 0 aliphatic heterocycles. The van der Waals surface area contributed by atoms with E-state index in [1.54, 1.807) is 6.92 Å². The number of carbonyl (C=O) groups is 1. The van der Waals surface area contributed by atoms with Gasteiger partial charge in [0.25, 0.3) is 0 Å². The van der Waals surface area contributed by atoms with Crippen LogP contribution in [0, 0.1) is 0 Å². The van der Waals surface area contributed by atoms with Gasteiger partial charge in [0.1, 0.15) is 0 Å². The molecule has 1 aliphatic carbocycles. The largest absolute Gasteiger partial charge is 0.330 e. The van der Waals surface area contributed by atoms with Crippen molar-refractivity contribution >= 4 is 5.91 Å². The van der Waals surface area contributed by atoms with E-state index in [1.165, 1.54) is 24.0 Å². The third-order valence-electron chi connectivity index (χ3n) is 3.17. The van der Waals surface area contributed by atoms with E-state index in [0.717, 1.165) is 25.0 Å². The monoisotopic (exact) mass is 229 g/mol. The number of allylic oxidation sites excluding steroid dienone is 2. The Balaban J connectivity index is 2.15. The Bertz CT molecular complexity index is 420. The van der Waals surface area contributed by atoms with Crippen molar-refractivity contribution in [3.8, 4) is 0 Å². The van der Waals surface area contributed by atoms with Crippen LogP contribution in [0.1, 0.15) is 38.2 Å². The molecule has 1 aliphatic rings. The number of nitrogens with one attached hydrogen (secondary N) is 1. The van der Waals surface area contributed by atoms with Crippen molar-refractivity contribution in [1.82, 2.24) is 5.32 Å². The van der Waals surface area contributed by atoms with Gasteiger partial charge in [0.05, 0.1) is 0 Å². The average Bonchev–Trinajstić information content (AvgIpc) is 2.32. The Morgan fingerprint density at radius 2 is 1.88 bits per heavy atom. The van der Waals surface area contributed by atoms with Crippen LogP contribution in [-0.4, -0.2) is 5.91 Å². The maximum absolute atomic E-state index is 11.2. The van der Waals surface area contributed by atoms with Crippen molar-refractivity contribution in [2.24, 2.45) is 0 Å². The standard InChI is InChI=1S/C15H19NO/c1-12(17)16-15-10-6-5-9-14(15)11-13-7-3-2-4-8-13/h2-4,7-8H,5-6,9-11H2,1H3,(H,16,17). The molecule has 0 bridgehead atoms. The molecule has 17 heavy (non-hydrogen) atoms. The molecule has 0 spiro atoms. The van der Waals surface area contributed by atoms with Crippen LogP contribution < -0.4 is 5.32 Å². The first kappa shape index (κ1) is 11.9. The van der Waals surface area contributed by atoms with Crippen LogP contribution in [0.25, 0.3) is 0 Å². The molecule has 0 aromatic heterocycles. The Hall–Kier alpha value is -1.57. The van der Waals surface area contributed by atoms with Crippen LogP contribution in [0.2, 0.25) is 0 Å². The van der Waals surface area contributed by atoms with E-state index >= 15 is 0 Å². The van der Waals surface area contributed by atoms with Gasteiger partial charge in [0, 0.05) is 12.6 Å². The van der Waals surface area contributed by atoms with E-state index in [0.29, 0.717) is 0 Å². The van der Waals surface area contributed by atoms with Gasteiger partial charge in [0.2, 0.25) is 5.91 Å². The highest BCUT2D eigenvalue weighted by molar-refractivity contribution is 5.75. The smallest absolute Gasteiger partial charge is 0.220 e. The van der Waals surface area contributed by atoms with Crippen LogP contribution >= 0.6 is 0 Å². The highest BCUT2D eigenvalue weighted by Gasteiger charge is 2.13. The maximum atomic E-state index is 11.2. The third kappa shape index (κ3) is 3.45. The zero-order chi connectivity index (χ0) is 12.1. The normalized spacial score (nSPS) is 15.8. The Morgan fingerprint density at radius 3 is 2.59 bits per heavy atom. The van der Waals surface area contributed by atoms with E-state index in [-0.39, 0.29) is 5.91 Å². The molecule has 90 valence electrons. The fourth-order valence-corrected chi connectivity index (χ4v) is 2.37. The minimum Gasteiger partial charge on any atom is -0.330 e. The summed E-state index contributed by atoms with van der Waals surface area (Å²) in [5.41, 5.74) is 3.89. The summed E-state index contributed by atoms with van der Waals surface area (Å²) in [7, 11) is 0. The molecule has 1 N–H and O–H groups in total. The number of amides is 1. The van der Waals surface area contributed by atoms with Crippen LogP contribution in [0.4, 0.5) is 0 Å². The molecule has 0 saturated heterocycles. The van der Waals surface area contributed by atoms with Gasteiger partial charge >= 0.3 is 0 Å². The quantitative estimate of drug-likeness (QED) is 0.847. The minimum atomic E-state index is 0.0486. The third-order valence-corrected chi connectivity index (χ3v) is 3.17. The molecule has 1 amide bonds. The molecule has 1 aromatic carbocycles. The van der Waals surface area contributed by atoms with Gasteiger partial charge in [-0.15, -0.1) is 0 Å². The van der Waals surface area contributed by atoms with Crippen molar-refractivity contribution in [2.75, 3.05) is 0 Å². The van der Waals surface area contributed by atoms with Crippen molar-refractivity contribution in [1.29, 1.82) is 0 Å². The lowest BCUT2D eigenvalue weighted by atomic mass is 9.91. The Kier molecular flexibility index (Phi) is 3.97.